The number of nitrogens with one attached hydrogen (secondary N) is 2. The Balaban J connectivity index is 2.89. The first-order chi connectivity index (χ1) is 8.97. The number of nitrogens with zero attached hydrogens (tertiary/aromatic N) is 1. The molecule has 2 N–H and O–H groups in total. The van der Waals surface area contributed by atoms with Crippen LogP contribution in [-0.2, 0) is 0 Å². The largest absolute Gasteiger partial charge is 0.351 e. The van der Waals surface area contributed by atoms with Crippen LogP contribution in [0.4, 0.5) is 0 Å². The number of allylic oxidation sites excluding steroid dienone is 1. The Labute approximate surface area is 113 Å². The van der Waals surface area contributed by atoms with E-state index in [1.807, 2.05) is 32.9 Å². The van der Waals surface area contributed by atoms with Crippen LogP contribution in [-0.4, -0.2) is 22.4 Å². The molecule has 5 nitrogen and oxygen atoms in total. The lowest BCUT2D eigenvalue weighted by atomic mass is 10.1. The molecule has 0 aliphatic heterocycles. The van der Waals surface area contributed by atoms with Crippen molar-refractivity contribution in [1.29, 1.82) is 0 Å². The first-order valence-electron chi connectivity index (χ1n) is 6.47. The molecule has 0 aliphatic carbocycles. The third kappa shape index (κ3) is 4.05. The lowest BCUT2D eigenvalue weighted by molar-refractivity contribution is 0.0951. The van der Waals surface area contributed by atoms with E-state index in [2.05, 4.69) is 15.3 Å². The van der Waals surface area contributed by atoms with Crippen molar-refractivity contribution in [1.82, 2.24) is 15.3 Å². The molecule has 5 heteroatoms. The zero-order valence-electron chi connectivity index (χ0n) is 11.9. The van der Waals surface area contributed by atoms with E-state index in [9.17, 15) is 9.59 Å². The Bertz CT molecular complexity index is 530. The van der Waals surface area contributed by atoms with Crippen LogP contribution in [0.3, 0.4) is 0 Å². The van der Waals surface area contributed by atoms with Gasteiger partial charge in [-0.15, -0.1) is 0 Å². The maximum absolute atomic E-state index is 11.9. The SMILES string of the molecule is C/C=C/CCNC(=O)c1c(C)nc(C(C)C)[nH]c1=O. The molecular formula is C14H21N3O2. The second-order valence-corrected chi connectivity index (χ2v) is 4.68. The monoisotopic (exact) mass is 263 g/mol. The van der Waals surface area contributed by atoms with Crippen LogP contribution in [0.5, 0.6) is 0 Å². The van der Waals surface area contributed by atoms with Gasteiger partial charge >= 0.3 is 0 Å². The zero-order valence-corrected chi connectivity index (χ0v) is 11.9. The van der Waals surface area contributed by atoms with E-state index in [1.54, 1.807) is 6.92 Å². The molecule has 0 bridgehead atoms. The van der Waals surface area contributed by atoms with Crippen LogP contribution < -0.4 is 10.9 Å². The van der Waals surface area contributed by atoms with Gasteiger partial charge in [-0.3, -0.25) is 9.59 Å². The lowest BCUT2D eigenvalue weighted by Gasteiger charge is -2.09. The van der Waals surface area contributed by atoms with Gasteiger partial charge in [0.2, 0.25) is 0 Å². The van der Waals surface area contributed by atoms with E-state index < -0.39 is 0 Å². The molecule has 1 aromatic rings. The molecule has 0 aromatic carbocycles. The summed E-state index contributed by atoms with van der Waals surface area (Å²) in [5.74, 6) is 0.359. The topological polar surface area (TPSA) is 74.8 Å². The quantitative estimate of drug-likeness (QED) is 0.629. The van der Waals surface area contributed by atoms with E-state index in [0.29, 0.717) is 18.1 Å². The van der Waals surface area contributed by atoms with Crippen molar-refractivity contribution in [2.45, 2.75) is 40.0 Å². The van der Waals surface area contributed by atoms with Gasteiger partial charge in [0.1, 0.15) is 11.4 Å². The Morgan fingerprint density at radius 1 is 1.47 bits per heavy atom. The molecule has 1 heterocycles. The predicted octanol–water partition coefficient (Wildman–Crippen LogP) is 1.90. The maximum Gasteiger partial charge on any atom is 0.264 e. The number of aromatic nitrogens is 2. The Kier molecular flexibility index (Phi) is 5.48. The fraction of sp³-hybridized carbons (Fsp3) is 0.500. The predicted molar refractivity (Wildman–Crippen MR) is 75.4 cm³/mol. The van der Waals surface area contributed by atoms with E-state index in [-0.39, 0.29) is 22.9 Å². The second-order valence-electron chi connectivity index (χ2n) is 4.68. The highest BCUT2D eigenvalue weighted by Gasteiger charge is 2.16. The van der Waals surface area contributed by atoms with Crippen molar-refractivity contribution >= 4 is 5.91 Å². The van der Waals surface area contributed by atoms with E-state index in [1.165, 1.54) is 0 Å². The number of rotatable bonds is 5. The Morgan fingerprint density at radius 3 is 2.68 bits per heavy atom. The van der Waals surface area contributed by atoms with Gasteiger partial charge < -0.3 is 10.3 Å². The summed E-state index contributed by atoms with van der Waals surface area (Å²) in [6.45, 7) is 7.99. The highest BCUT2D eigenvalue weighted by Crippen LogP contribution is 2.08. The van der Waals surface area contributed by atoms with Crippen molar-refractivity contribution < 1.29 is 4.79 Å². The molecule has 0 aliphatic rings. The zero-order chi connectivity index (χ0) is 14.4. The number of carbonyl (C=O) groups is 1. The minimum atomic E-state index is -0.375. The molecule has 0 saturated carbocycles. The van der Waals surface area contributed by atoms with Crippen LogP contribution in [0.15, 0.2) is 16.9 Å². The number of amides is 1. The third-order valence-electron chi connectivity index (χ3n) is 2.72. The number of carbonyl (C=O) groups excluding carboxylic acids is 1. The Morgan fingerprint density at radius 2 is 2.16 bits per heavy atom. The maximum atomic E-state index is 11.9. The molecule has 0 radical (unpaired) electrons. The van der Waals surface area contributed by atoms with E-state index >= 15 is 0 Å². The normalized spacial score (nSPS) is 11.2. The molecule has 0 spiro atoms. The van der Waals surface area contributed by atoms with Crippen molar-refractivity contribution in [3.8, 4) is 0 Å². The summed E-state index contributed by atoms with van der Waals surface area (Å²) in [6.07, 6.45) is 4.62. The minimum Gasteiger partial charge on any atom is -0.351 e. The Hall–Kier alpha value is -1.91. The number of aryl methyl sites for hydroxylation is 1. The first kappa shape index (κ1) is 15.1. The van der Waals surface area contributed by atoms with Gasteiger partial charge in [0.25, 0.3) is 11.5 Å². The molecule has 1 rings (SSSR count). The smallest absolute Gasteiger partial charge is 0.264 e. The molecule has 0 fully saturated rings. The summed E-state index contributed by atoms with van der Waals surface area (Å²) >= 11 is 0. The van der Waals surface area contributed by atoms with Gasteiger partial charge in [0.15, 0.2) is 0 Å². The van der Waals surface area contributed by atoms with Crippen molar-refractivity contribution in [3.63, 3.8) is 0 Å². The highest BCUT2D eigenvalue weighted by atomic mass is 16.2. The number of aromatic amines is 1. The molecule has 0 atom stereocenters. The summed E-state index contributed by atoms with van der Waals surface area (Å²) in [5.41, 5.74) is 0.195. The fourth-order valence-corrected chi connectivity index (χ4v) is 1.67. The van der Waals surface area contributed by atoms with E-state index in [4.69, 9.17) is 0 Å². The summed E-state index contributed by atoms with van der Waals surface area (Å²) in [6, 6.07) is 0. The average Bonchev–Trinajstić information content (AvgIpc) is 2.33. The van der Waals surface area contributed by atoms with Crippen LogP contribution in [0.25, 0.3) is 0 Å². The summed E-state index contributed by atoms with van der Waals surface area (Å²) in [4.78, 5) is 30.8. The third-order valence-corrected chi connectivity index (χ3v) is 2.72. The number of H-pyrrole nitrogens is 1. The standard InChI is InChI=1S/C14H21N3O2/c1-5-6-7-8-15-13(18)11-10(4)16-12(9(2)3)17-14(11)19/h5-6,9H,7-8H2,1-4H3,(H,15,18)(H,16,17,19)/b6-5+. The van der Waals surface area contributed by atoms with Gasteiger partial charge in [0, 0.05) is 12.5 Å². The molecule has 1 aromatic heterocycles. The van der Waals surface area contributed by atoms with Gasteiger partial charge in [-0.1, -0.05) is 26.0 Å². The van der Waals surface area contributed by atoms with Crippen molar-refractivity contribution in [2.75, 3.05) is 6.54 Å². The van der Waals surface area contributed by atoms with Crippen LogP contribution in [0.1, 0.15) is 55.0 Å². The summed E-state index contributed by atoms with van der Waals surface area (Å²) in [5, 5.41) is 2.71. The van der Waals surface area contributed by atoms with Crippen molar-refractivity contribution in [3.05, 3.63) is 39.6 Å². The molecule has 104 valence electrons. The lowest BCUT2D eigenvalue weighted by Crippen LogP contribution is -2.32. The minimum absolute atomic E-state index is 0.102. The van der Waals surface area contributed by atoms with Crippen LogP contribution in [0, 0.1) is 6.92 Å². The summed E-state index contributed by atoms with van der Waals surface area (Å²) in [7, 11) is 0. The molecule has 19 heavy (non-hydrogen) atoms. The van der Waals surface area contributed by atoms with Gasteiger partial charge in [0.05, 0.1) is 5.69 Å². The number of hydrogen-bond donors (Lipinski definition) is 2. The highest BCUT2D eigenvalue weighted by molar-refractivity contribution is 5.94. The van der Waals surface area contributed by atoms with Gasteiger partial charge in [-0.05, 0) is 20.3 Å². The second kappa shape index (κ2) is 6.87. The van der Waals surface area contributed by atoms with Crippen LogP contribution in [0.2, 0.25) is 0 Å². The molecular weight excluding hydrogens is 242 g/mol. The van der Waals surface area contributed by atoms with Crippen LogP contribution >= 0.6 is 0 Å². The fourth-order valence-electron chi connectivity index (χ4n) is 1.67. The van der Waals surface area contributed by atoms with Gasteiger partial charge in [-0.2, -0.15) is 0 Å². The molecule has 1 amide bonds. The molecule has 0 saturated heterocycles. The summed E-state index contributed by atoms with van der Waals surface area (Å²) < 4.78 is 0. The molecule has 0 unspecified atom stereocenters. The average molecular weight is 263 g/mol. The first-order valence-corrected chi connectivity index (χ1v) is 6.47. The number of hydrogen-bond acceptors (Lipinski definition) is 3. The van der Waals surface area contributed by atoms with E-state index in [0.717, 1.165) is 6.42 Å². The van der Waals surface area contributed by atoms with Gasteiger partial charge in [-0.25, -0.2) is 4.98 Å². The van der Waals surface area contributed by atoms with Crippen molar-refractivity contribution in [2.24, 2.45) is 0 Å².